The zero-order chi connectivity index (χ0) is 43.3. The molecule has 7 aromatic carbocycles. The van der Waals surface area contributed by atoms with Crippen molar-refractivity contribution in [1.82, 2.24) is 0 Å². The smallest absolute Gasteiger partial charge is 0.195 e. The molecule has 0 N–H and O–H groups in total. The number of alkyl halides is 12. The van der Waals surface area contributed by atoms with Crippen LogP contribution >= 0.6 is 0 Å². The molecule has 0 radical (unpaired) electrons. The Hall–Kier alpha value is -6.37. The Bertz CT molecular complexity index is 2090. The van der Waals surface area contributed by atoms with Crippen LogP contribution in [0.25, 0.3) is 0 Å². The molecule has 0 saturated carbocycles. The summed E-state index contributed by atoms with van der Waals surface area (Å²) in [7, 11) is 0. The second-order valence-electron chi connectivity index (χ2n) is 13.8. The first kappa shape index (κ1) is 43.2. The third-order valence-corrected chi connectivity index (χ3v) is 10.1. The molecular formula is C47H31BF12. The van der Waals surface area contributed by atoms with Gasteiger partial charge in [0.2, 0.25) is 0 Å². The molecule has 0 amide bonds. The van der Waals surface area contributed by atoms with Gasteiger partial charge in [0.15, 0.2) is 0 Å². The van der Waals surface area contributed by atoms with Crippen LogP contribution in [0.5, 0.6) is 0 Å². The van der Waals surface area contributed by atoms with Crippen molar-refractivity contribution in [2.45, 2.75) is 24.7 Å². The van der Waals surface area contributed by atoms with Crippen LogP contribution in [-0.2, 0) is 24.7 Å². The third kappa shape index (κ3) is 9.57. The summed E-state index contributed by atoms with van der Waals surface area (Å²) >= 11 is 0. The maximum Gasteiger partial charge on any atom is 0.416 e. The first-order chi connectivity index (χ1) is 28.3. The minimum atomic E-state index is -4.77. The molecule has 60 heavy (non-hydrogen) atoms. The molecule has 0 bridgehead atoms. The van der Waals surface area contributed by atoms with E-state index in [1.807, 2.05) is 0 Å². The van der Waals surface area contributed by atoms with E-state index in [0.717, 1.165) is 48.5 Å². The summed E-state index contributed by atoms with van der Waals surface area (Å²) in [5.74, 6) is 1.28. The highest BCUT2D eigenvalue weighted by Gasteiger charge is 2.38. The number of benzene rings is 7. The lowest BCUT2D eigenvalue weighted by Crippen LogP contribution is -2.74. The van der Waals surface area contributed by atoms with Crippen LogP contribution in [0.15, 0.2) is 188 Å². The predicted octanol–water partition coefficient (Wildman–Crippen LogP) is 11.8. The van der Waals surface area contributed by atoms with Crippen molar-refractivity contribution in [3.8, 4) is 0 Å². The van der Waals surface area contributed by atoms with Gasteiger partial charge in [0, 0.05) is 0 Å². The van der Waals surface area contributed by atoms with Crippen LogP contribution < -0.4 is 21.9 Å². The van der Waals surface area contributed by atoms with Gasteiger partial charge in [-0.3, -0.25) is 0 Å². The fourth-order valence-electron chi connectivity index (χ4n) is 7.31. The highest BCUT2D eigenvalue weighted by Crippen LogP contribution is 2.33. The van der Waals surface area contributed by atoms with E-state index in [-0.39, 0.29) is 21.9 Å². The second kappa shape index (κ2) is 17.1. The van der Waals surface area contributed by atoms with Gasteiger partial charge in [-0.15, -0.1) is 0 Å². The second-order valence-corrected chi connectivity index (χ2v) is 13.8. The van der Waals surface area contributed by atoms with E-state index >= 15 is 0 Å². The molecule has 7 rings (SSSR count). The Morgan fingerprint density at radius 3 is 0.600 bits per heavy atom. The Kier molecular flexibility index (Phi) is 12.3. The highest BCUT2D eigenvalue weighted by molar-refractivity contribution is 7.19. The lowest BCUT2D eigenvalue weighted by molar-refractivity contribution is -0.138. The fraction of sp³-hybridized carbons (Fsp3) is 0.0851. The monoisotopic (exact) mass is 834 g/mol. The molecule has 13 heteroatoms. The van der Waals surface area contributed by atoms with Crippen LogP contribution in [0.2, 0.25) is 0 Å². The quantitative estimate of drug-likeness (QED) is 0.0649. The zero-order valence-corrected chi connectivity index (χ0v) is 31.0. The summed E-state index contributed by atoms with van der Waals surface area (Å²) in [6.07, 6.45) is -22.0. The molecule has 0 fully saturated rings. The maximum absolute atomic E-state index is 13.3. The molecule has 0 aliphatic heterocycles. The summed E-state index contributed by atoms with van der Waals surface area (Å²) in [5.41, 5.74) is -0.545. The van der Waals surface area contributed by atoms with Crippen molar-refractivity contribution in [2.24, 2.45) is 0 Å². The molecule has 0 nitrogen and oxygen atoms in total. The Labute approximate surface area is 337 Å². The van der Waals surface area contributed by atoms with E-state index in [9.17, 15) is 52.7 Å². The molecule has 0 saturated heterocycles. The number of halogens is 12. The molecule has 0 spiro atoms. The maximum atomic E-state index is 13.3. The van der Waals surface area contributed by atoms with Crippen molar-refractivity contribution < 1.29 is 52.7 Å². The van der Waals surface area contributed by atoms with E-state index in [1.54, 1.807) is 0 Å². The van der Waals surface area contributed by atoms with E-state index in [4.69, 9.17) is 0 Å². The largest absolute Gasteiger partial charge is 0.416 e. The average Bonchev–Trinajstić information content (AvgIpc) is 3.22. The summed E-state index contributed by atoms with van der Waals surface area (Å²) in [4.78, 5) is 0. The van der Waals surface area contributed by atoms with Crippen molar-refractivity contribution in [2.75, 3.05) is 0 Å². The van der Waals surface area contributed by atoms with Crippen molar-refractivity contribution in [3.63, 3.8) is 0 Å². The highest BCUT2D eigenvalue weighted by atomic mass is 19.4. The first-order valence-corrected chi connectivity index (χ1v) is 18.2. The average molecular weight is 835 g/mol. The number of hydrogen-bond donors (Lipinski definition) is 0. The van der Waals surface area contributed by atoms with Crippen LogP contribution in [0.4, 0.5) is 52.7 Å². The van der Waals surface area contributed by atoms with Gasteiger partial charge in [-0.2, -0.15) is 74.5 Å². The third-order valence-electron chi connectivity index (χ3n) is 10.1. The van der Waals surface area contributed by atoms with E-state index < -0.39 is 53.1 Å². The van der Waals surface area contributed by atoms with Gasteiger partial charge >= 0.3 is 24.7 Å². The molecule has 0 heterocycles. The van der Waals surface area contributed by atoms with Gasteiger partial charge < -0.3 is 0 Å². The minimum absolute atomic E-state index is 0.0114. The number of hydrogen-bond acceptors (Lipinski definition) is 0. The van der Waals surface area contributed by atoms with Crippen LogP contribution in [0.1, 0.15) is 38.9 Å². The van der Waals surface area contributed by atoms with Gasteiger partial charge in [-0.1, -0.05) is 115 Å². The normalized spacial score (nSPS) is 12.3. The summed E-state index contributed by atoms with van der Waals surface area (Å²) in [6, 6.07) is 45.2. The molecule has 0 aliphatic carbocycles. The summed E-state index contributed by atoms with van der Waals surface area (Å²) in [5, 5.41) is 0. The Balaban J connectivity index is 0.000000263. The lowest BCUT2D eigenvalue weighted by Gasteiger charge is -2.44. The summed E-state index contributed by atoms with van der Waals surface area (Å²) < 4.78 is 160. The molecular weight excluding hydrogens is 803 g/mol. The van der Waals surface area contributed by atoms with E-state index in [1.165, 1.54) is 22.6 Å². The molecule has 0 aromatic heterocycles. The van der Waals surface area contributed by atoms with Crippen LogP contribution in [0, 0.1) is 5.92 Å². The van der Waals surface area contributed by atoms with Crippen LogP contribution in [0.3, 0.4) is 0 Å². The van der Waals surface area contributed by atoms with E-state index in [2.05, 4.69) is 91.0 Å². The molecule has 0 unspecified atom stereocenters. The SMILES string of the molecule is FC(F)(F)c1ccc([B-](c2ccc(C(F)(F)F)cc2)(c2ccc(C(F)(F)F)cc2)c2ccc(C(F)(F)F)cc2)cc1.c1ccc([C+](c2ccccc2)c2ccccc2)cc1. The molecule has 0 aliphatic rings. The number of rotatable bonds is 7. The van der Waals surface area contributed by atoms with Gasteiger partial charge in [-0.05, 0) is 72.8 Å². The molecule has 7 aromatic rings. The topological polar surface area (TPSA) is 0 Å². The lowest BCUT2D eigenvalue weighted by atomic mass is 9.13. The standard InChI is InChI=1S/C28H16BF12.C19H15/c30-25(31,32)17-1-9-21(10-2-17)29(22-11-3-18(4-12-22)26(33,34)35,23-13-5-19(6-14-23)27(36,37)38)24-15-7-20(8-16-24)28(39,40)41;1-4-10-16(11-5-1)19(17-12-6-2-7-13-17)18-14-8-3-9-15-18/h1-16H;1-15H/q-1;+1. The van der Waals surface area contributed by atoms with Crippen molar-refractivity contribution in [1.29, 1.82) is 0 Å². The van der Waals surface area contributed by atoms with Gasteiger partial charge in [-0.25, -0.2) is 0 Å². The van der Waals surface area contributed by atoms with E-state index in [0.29, 0.717) is 48.5 Å². The Morgan fingerprint density at radius 1 is 0.250 bits per heavy atom. The van der Waals surface area contributed by atoms with Crippen LogP contribution in [-0.4, -0.2) is 6.15 Å². The fourth-order valence-corrected chi connectivity index (χ4v) is 7.31. The van der Waals surface area contributed by atoms with Crippen molar-refractivity contribution in [3.05, 3.63) is 233 Å². The van der Waals surface area contributed by atoms with Gasteiger partial charge in [0.1, 0.15) is 6.15 Å². The molecule has 306 valence electrons. The predicted molar refractivity (Wildman–Crippen MR) is 210 cm³/mol. The van der Waals surface area contributed by atoms with Crippen molar-refractivity contribution >= 4 is 28.0 Å². The molecule has 0 atom stereocenters. The Morgan fingerprint density at radius 2 is 0.433 bits per heavy atom. The van der Waals surface area contributed by atoms with Gasteiger partial charge in [0.05, 0.1) is 44.9 Å². The van der Waals surface area contributed by atoms with Gasteiger partial charge in [0.25, 0.3) is 0 Å². The first-order valence-electron chi connectivity index (χ1n) is 18.2. The minimum Gasteiger partial charge on any atom is -0.195 e. The zero-order valence-electron chi connectivity index (χ0n) is 31.0. The summed E-state index contributed by atoms with van der Waals surface area (Å²) in [6.45, 7) is 0.